The topological polar surface area (TPSA) is 109 Å². The van der Waals surface area contributed by atoms with Gasteiger partial charge < -0.3 is 15.3 Å². The molecule has 7 heteroatoms. The van der Waals surface area contributed by atoms with Crippen molar-refractivity contribution in [2.24, 2.45) is 10.2 Å². The van der Waals surface area contributed by atoms with E-state index < -0.39 is 18.8 Å². The summed E-state index contributed by atoms with van der Waals surface area (Å²) in [6.07, 6.45) is -1.45. The molecule has 2 atom stereocenters. The number of nitrogens with zero attached hydrogens (tertiary/aromatic N) is 2. The molecule has 0 saturated carbocycles. The molecule has 7 nitrogen and oxygen atoms in total. The van der Waals surface area contributed by atoms with Crippen LogP contribution < -0.4 is 10.9 Å². The maximum atomic E-state index is 10.1. The van der Waals surface area contributed by atoms with Gasteiger partial charge in [0.25, 0.3) is 0 Å². The maximum absolute atomic E-state index is 10.1. The van der Waals surface area contributed by atoms with Gasteiger partial charge in [0.05, 0.1) is 24.2 Å². The number of aliphatic hydroxyl groups is 3. The van der Waals surface area contributed by atoms with Gasteiger partial charge >= 0.3 is 0 Å². The summed E-state index contributed by atoms with van der Waals surface area (Å²) in [5.74, 6) is 0. The Balaban J connectivity index is 2.10. The molecular formula is C17H20N4O3. The summed E-state index contributed by atoms with van der Waals surface area (Å²) in [5.41, 5.74) is 7.11. The van der Waals surface area contributed by atoms with Gasteiger partial charge in [-0.15, -0.1) is 0 Å². The first kappa shape index (κ1) is 17.6. The van der Waals surface area contributed by atoms with Crippen LogP contribution >= 0.6 is 0 Å². The number of para-hydroxylation sites is 2. The predicted octanol–water partition coefficient (Wildman–Crippen LogP) is 1.27. The number of rotatable bonds is 8. The van der Waals surface area contributed by atoms with Crippen molar-refractivity contribution >= 4 is 23.3 Å². The number of hydrogen-bond acceptors (Lipinski definition) is 7. The molecule has 0 aromatic heterocycles. The van der Waals surface area contributed by atoms with Crippen LogP contribution in [-0.2, 0) is 0 Å². The van der Waals surface area contributed by atoms with Crippen LogP contribution in [0.2, 0.25) is 0 Å². The van der Waals surface area contributed by atoms with Gasteiger partial charge in [-0.05, 0) is 24.3 Å². The van der Waals surface area contributed by atoms with E-state index in [0.29, 0.717) is 5.69 Å². The lowest BCUT2D eigenvalue weighted by molar-refractivity contribution is 0.0193. The van der Waals surface area contributed by atoms with Crippen molar-refractivity contribution in [3.8, 4) is 0 Å². The Morgan fingerprint density at radius 3 is 2.00 bits per heavy atom. The second-order valence-corrected chi connectivity index (χ2v) is 4.95. The molecule has 5 N–H and O–H groups in total. The number of hydrogen-bond donors (Lipinski definition) is 5. The van der Waals surface area contributed by atoms with Crippen molar-refractivity contribution in [2.45, 2.75) is 12.2 Å². The highest BCUT2D eigenvalue weighted by Gasteiger charge is 2.20. The van der Waals surface area contributed by atoms with E-state index in [1.807, 2.05) is 48.5 Å². The highest BCUT2D eigenvalue weighted by atomic mass is 16.4. The fraction of sp³-hybridized carbons (Fsp3) is 0.176. The van der Waals surface area contributed by atoms with Gasteiger partial charge in [0.1, 0.15) is 17.9 Å². The molecule has 2 aromatic rings. The first-order valence-electron chi connectivity index (χ1n) is 7.40. The first-order chi connectivity index (χ1) is 11.7. The molecule has 0 amide bonds. The van der Waals surface area contributed by atoms with Gasteiger partial charge in [-0.1, -0.05) is 36.4 Å². The Bertz CT molecular complexity index is 662. The minimum atomic E-state index is -1.38. The zero-order valence-electron chi connectivity index (χ0n) is 12.9. The minimum absolute atomic E-state index is 0.0730. The molecule has 0 radical (unpaired) electrons. The average Bonchev–Trinajstić information content (AvgIpc) is 2.65. The molecule has 2 rings (SSSR count). The van der Waals surface area contributed by atoms with E-state index in [1.54, 1.807) is 12.1 Å². The molecule has 24 heavy (non-hydrogen) atoms. The van der Waals surface area contributed by atoms with E-state index in [9.17, 15) is 10.2 Å². The molecule has 0 unspecified atom stereocenters. The van der Waals surface area contributed by atoms with Crippen LogP contribution in [0.25, 0.3) is 0 Å². The summed E-state index contributed by atoms with van der Waals surface area (Å²) in [6, 6.07) is 18.4. The van der Waals surface area contributed by atoms with Crippen molar-refractivity contribution < 1.29 is 15.3 Å². The highest BCUT2D eigenvalue weighted by molar-refractivity contribution is 6.33. The third-order valence-corrected chi connectivity index (χ3v) is 3.11. The summed E-state index contributed by atoms with van der Waals surface area (Å²) in [6.45, 7) is -0.592. The van der Waals surface area contributed by atoms with E-state index in [1.165, 1.54) is 6.21 Å². The quantitative estimate of drug-likeness (QED) is 0.370. The van der Waals surface area contributed by atoms with Gasteiger partial charge in [-0.3, -0.25) is 10.9 Å². The van der Waals surface area contributed by atoms with Gasteiger partial charge in [-0.25, -0.2) is 0 Å². The molecule has 0 bridgehead atoms. The van der Waals surface area contributed by atoms with Crippen LogP contribution in [-0.4, -0.2) is 46.1 Å². The van der Waals surface area contributed by atoms with E-state index in [2.05, 4.69) is 21.1 Å². The van der Waals surface area contributed by atoms with Crippen LogP contribution in [0.3, 0.4) is 0 Å². The van der Waals surface area contributed by atoms with Crippen molar-refractivity contribution in [1.29, 1.82) is 0 Å². The van der Waals surface area contributed by atoms with Gasteiger partial charge in [0.2, 0.25) is 0 Å². The number of anilines is 2. The molecule has 0 aliphatic carbocycles. The van der Waals surface area contributed by atoms with Gasteiger partial charge in [0, 0.05) is 0 Å². The second-order valence-electron chi connectivity index (χ2n) is 4.95. The maximum Gasteiger partial charge on any atom is 0.127 e. The zero-order valence-corrected chi connectivity index (χ0v) is 12.9. The third-order valence-electron chi connectivity index (χ3n) is 3.11. The zero-order chi connectivity index (χ0) is 17.2. The fourth-order valence-electron chi connectivity index (χ4n) is 1.80. The first-order valence-corrected chi connectivity index (χ1v) is 7.40. The van der Waals surface area contributed by atoms with Crippen LogP contribution in [0.5, 0.6) is 0 Å². The molecule has 0 aliphatic heterocycles. The third kappa shape index (κ3) is 5.47. The summed E-state index contributed by atoms with van der Waals surface area (Å²) < 4.78 is 0. The fourth-order valence-corrected chi connectivity index (χ4v) is 1.80. The highest BCUT2D eigenvalue weighted by Crippen LogP contribution is 2.06. The van der Waals surface area contributed by atoms with Crippen LogP contribution in [0.4, 0.5) is 11.4 Å². The Labute approximate surface area is 140 Å². The number of nitrogens with one attached hydrogen (secondary N) is 2. The monoisotopic (exact) mass is 328 g/mol. The molecule has 126 valence electrons. The molecule has 0 heterocycles. The van der Waals surface area contributed by atoms with Gasteiger partial charge in [-0.2, -0.15) is 10.2 Å². The van der Waals surface area contributed by atoms with E-state index >= 15 is 0 Å². The lowest BCUT2D eigenvalue weighted by Gasteiger charge is -2.15. The Hall–Kier alpha value is -2.74. The predicted molar refractivity (Wildman–Crippen MR) is 95.2 cm³/mol. The SMILES string of the molecule is OC[C@H](O)[C@@H](O)C(/C=N\Nc1ccccc1)=N/Nc1ccccc1. The standard InChI is InChI=1S/C17H20N4O3/c22-12-16(23)17(24)15(21-20-14-9-5-2-6-10-14)11-18-19-13-7-3-1-4-8-13/h1-11,16-17,19-20,22-24H,12H2/b18-11-,21-15+/t16-,17-/m0/s1. The molecular weight excluding hydrogens is 308 g/mol. The molecule has 0 fully saturated rings. The second kappa shape index (κ2) is 9.41. The van der Waals surface area contributed by atoms with Crippen molar-refractivity contribution in [3.63, 3.8) is 0 Å². The number of aliphatic hydroxyl groups excluding tert-OH is 3. The van der Waals surface area contributed by atoms with Crippen molar-refractivity contribution in [2.75, 3.05) is 17.5 Å². The molecule has 0 aliphatic rings. The van der Waals surface area contributed by atoms with Crippen molar-refractivity contribution in [3.05, 3.63) is 60.7 Å². The van der Waals surface area contributed by atoms with E-state index in [-0.39, 0.29) is 5.71 Å². The smallest absolute Gasteiger partial charge is 0.127 e. The minimum Gasteiger partial charge on any atom is -0.394 e. The number of benzene rings is 2. The van der Waals surface area contributed by atoms with Gasteiger partial charge in [0.15, 0.2) is 0 Å². The van der Waals surface area contributed by atoms with E-state index in [0.717, 1.165) is 5.69 Å². The van der Waals surface area contributed by atoms with Crippen LogP contribution in [0.15, 0.2) is 70.9 Å². The van der Waals surface area contributed by atoms with Crippen LogP contribution in [0, 0.1) is 0 Å². The van der Waals surface area contributed by atoms with Crippen LogP contribution in [0.1, 0.15) is 0 Å². The number of hydrazone groups is 2. The Kier molecular flexibility index (Phi) is 6.91. The molecule has 0 spiro atoms. The lowest BCUT2D eigenvalue weighted by atomic mass is 10.1. The average molecular weight is 328 g/mol. The summed E-state index contributed by atoms with van der Waals surface area (Å²) in [4.78, 5) is 0. The van der Waals surface area contributed by atoms with Crippen molar-refractivity contribution in [1.82, 2.24) is 0 Å². The Morgan fingerprint density at radius 1 is 0.917 bits per heavy atom. The lowest BCUT2D eigenvalue weighted by Crippen LogP contribution is -2.37. The Morgan fingerprint density at radius 2 is 1.46 bits per heavy atom. The summed E-state index contributed by atoms with van der Waals surface area (Å²) in [7, 11) is 0. The molecule has 0 saturated heterocycles. The summed E-state index contributed by atoms with van der Waals surface area (Å²) in [5, 5.41) is 36.7. The largest absolute Gasteiger partial charge is 0.394 e. The normalized spacial score (nSPS) is 14.4. The molecule has 2 aromatic carbocycles. The summed E-state index contributed by atoms with van der Waals surface area (Å²) >= 11 is 0. The van der Waals surface area contributed by atoms with E-state index in [4.69, 9.17) is 5.11 Å².